The summed E-state index contributed by atoms with van der Waals surface area (Å²) in [7, 11) is 0. The van der Waals surface area contributed by atoms with Gasteiger partial charge in [-0.15, -0.1) is 0 Å². The predicted octanol–water partition coefficient (Wildman–Crippen LogP) is 5.88. The summed E-state index contributed by atoms with van der Waals surface area (Å²) in [6, 6.07) is 5.90. The normalized spacial score (nSPS) is 11.5. The zero-order valence-electron chi connectivity index (χ0n) is 13.1. The summed E-state index contributed by atoms with van der Waals surface area (Å²) in [5.74, 6) is -0.930. The maximum atomic E-state index is 13.5. The van der Waals surface area contributed by atoms with Crippen molar-refractivity contribution in [1.29, 1.82) is 0 Å². The molecule has 0 aromatic heterocycles. The highest BCUT2D eigenvalue weighted by Gasteiger charge is 2.39. The Bertz CT molecular complexity index is 892. The molecule has 0 atom stereocenters. The van der Waals surface area contributed by atoms with E-state index in [1.165, 1.54) is 31.2 Å². The van der Waals surface area contributed by atoms with Crippen molar-refractivity contribution >= 4 is 49.1 Å². The van der Waals surface area contributed by atoms with Gasteiger partial charge in [0.1, 0.15) is 0 Å². The van der Waals surface area contributed by atoms with Gasteiger partial charge in [0.05, 0.1) is 11.3 Å². The monoisotopic (exact) mass is 477 g/mol. The molecule has 0 fully saturated rings. The molecule has 0 heterocycles. The van der Waals surface area contributed by atoms with Gasteiger partial charge in [0.2, 0.25) is 0 Å². The van der Waals surface area contributed by atoms with Crippen LogP contribution in [0.4, 0.5) is 18.9 Å². The fourth-order valence-corrected chi connectivity index (χ4v) is 3.88. The average molecular weight is 479 g/mol. The number of hydrogen-bond acceptors (Lipinski definition) is 3. The van der Waals surface area contributed by atoms with Gasteiger partial charge >= 0.3 is 6.18 Å². The minimum absolute atomic E-state index is 0.00305. The first-order valence-electron chi connectivity index (χ1n) is 6.96. The first-order valence-corrected chi connectivity index (χ1v) is 8.54. The number of benzene rings is 2. The molecule has 0 spiro atoms. The molecule has 0 bridgehead atoms. The van der Waals surface area contributed by atoms with Crippen molar-refractivity contribution in [3.8, 4) is 11.1 Å². The van der Waals surface area contributed by atoms with Crippen LogP contribution in [-0.2, 0) is 6.18 Å². The highest BCUT2D eigenvalue weighted by molar-refractivity contribution is 9.10. The summed E-state index contributed by atoms with van der Waals surface area (Å²) in [6.07, 6.45) is -4.79. The standard InChI is InChI=1S/C17H12Br2F3NO2/c1-7(24)10-4-3-9(5-12(10)18)11-6-13(19)14(8(2)25)15(16(11)23)17(20,21)22/h3-6H,23H2,1-2H3. The van der Waals surface area contributed by atoms with E-state index in [0.29, 0.717) is 15.6 Å². The van der Waals surface area contributed by atoms with E-state index < -0.39 is 28.8 Å². The number of Topliss-reactive ketones (excluding diaryl/α,β-unsaturated/α-hetero) is 2. The van der Waals surface area contributed by atoms with Gasteiger partial charge in [-0.3, -0.25) is 9.59 Å². The van der Waals surface area contributed by atoms with Crippen LogP contribution >= 0.6 is 31.9 Å². The van der Waals surface area contributed by atoms with Crippen LogP contribution < -0.4 is 5.73 Å². The quantitative estimate of drug-likeness (QED) is 0.442. The summed E-state index contributed by atoms with van der Waals surface area (Å²) in [5, 5.41) is 0. The number of carbonyl (C=O) groups is 2. The van der Waals surface area contributed by atoms with Gasteiger partial charge in [-0.05, 0) is 37.6 Å². The zero-order valence-corrected chi connectivity index (χ0v) is 16.3. The third-order valence-electron chi connectivity index (χ3n) is 3.61. The number of alkyl halides is 3. The van der Waals surface area contributed by atoms with Gasteiger partial charge in [-0.1, -0.05) is 37.9 Å². The molecule has 8 heteroatoms. The molecule has 2 rings (SSSR count). The summed E-state index contributed by atoms with van der Waals surface area (Å²) < 4.78 is 40.9. The molecule has 0 unspecified atom stereocenters. The topological polar surface area (TPSA) is 60.2 Å². The number of nitrogen functional groups attached to an aromatic ring is 1. The molecule has 25 heavy (non-hydrogen) atoms. The maximum absolute atomic E-state index is 13.5. The molecule has 0 aliphatic carbocycles. The molecular weight excluding hydrogens is 467 g/mol. The summed E-state index contributed by atoms with van der Waals surface area (Å²) in [6.45, 7) is 2.43. The van der Waals surface area contributed by atoms with Crippen LogP contribution in [0, 0.1) is 0 Å². The van der Waals surface area contributed by atoms with Crippen molar-refractivity contribution in [2.45, 2.75) is 20.0 Å². The lowest BCUT2D eigenvalue weighted by Gasteiger charge is -2.19. The Labute approximate surface area is 158 Å². The van der Waals surface area contributed by atoms with Gasteiger partial charge < -0.3 is 5.73 Å². The summed E-state index contributed by atoms with van der Waals surface area (Å²) in [5.41, 5.74) is 4.46. The van der Waals surface area contributed by atoms with Gasteiger partial charge in [0, 0.05) is 25.6 Å². The molecule has 0 saturated carbocycles. The van der Waals surface area contributed by atoms with Gasteiger partial charge in [-0.25, -0.2) is 0 Å². The number of hydrogen-bond donors (Lipinski definition) is 1. The fourth-order valence-electron chi connectivity index (χ4n) is 2.51. The smallest absolute Gasteiger partial charge is 0.398 e. The lowest BCUT2D eigenvalue weighted by molar-refractivity contribution is -0.137. The Hall–Kier alpha value is -1.67. The van der Waals surface area contributed by atoms with E-state index in [0.717, 1.165) is 6.92 Å². The van der Waals surface area contributed by atoms with Crippen molar-refractivity contribution in [2.24, 2.45) is 0 Å². The predicted molar refractivity (Wildman–Crippen MR) is 96.7 cm³/mol. The van der Waals surface area contributed by atoms with Crippen LogP contribution in [0.3, 0.4) is 0 Å². The molecule has 2 aromatic carbocycles. The molecule has 0 saturated heterocycles. The fraction of sp³-hybridized carbons (Fsp3) is 0.176. The van der Waals surface area contributed by atoms with Crippen LogP contribution in [0.15, 0.2) is 33.2 Å². The van der Waals surface area contributed by atoms with Crippen molar-refractivity contribution in [2.75, 3.05) is 5.73 Å². The number of carbonyl (C=O) groups excluding carboxylic acids is 2. The number of rotatable bonds is 3. The van der Waals surface area contributed by atoms with E-state index in [2.05, 4.69) is 31.9 Å². The van der Waals surface area contributed by atoms with Crippen LogP contribution in [0.25, 0.3) is 11.1 Å². The Kier molecular flexibility index (Phi) is 5.44. The summed E-state index contributed by atoms with van der Waals surface area (Å²) in [4.78, 5) is 23.2. The average Bonchev–Trinajstić information content (AvgIpc) is 2.46. The van der Waals surface area contributed by atoms with Crippen molar-refractivity contribution in [1.82, 2.24) is 0 Å². The second-order valence-corrected chi connectivity index (χ2v) is 7.08. The maximum Gasteiger partial charge on any atom is 0.419 e. The number of halogens is 5. The van der Waals surface area contributed by atoms with Crippen LogP contribution in [0.2, 0.25) is 0 Å². The first-order chi connectivity index (χ1) is 11.4. The molecule has 0 aliphatic heterocycles. The first kappa shape index (κ1) is 19.7. The minimum atomic E-state index is -4.79. The second-order valence-electron chi connectivity index (χ2n) is 5.37. The molecular formula is C17H12Br2F3NO2. The highest BCUT2D eigenvalue weighted by Crippen LogP contribution is 2.44. The van der Waals surface area contributed by atoms with Crippen LogP contribution in [0.5, 0.6) is 0 Å². The number of ketones is 2. The van der Waals surface area contributed by atoms with Gasteiger partial charge in [0.15, 0.2) is 11.6 Å². The SMILES string of the molecule is CC(=O)c1ccc(-c2cc(Br)c(C(C)=O)c(C(F)(F)F)c2N)cc1Br. The lowest BCUT2D eigenvalue weighted by atomic mass is 9.93. The highest BCUT2D eigenvalue weighted by atomic mass is 79.9. The zero-order chi connectivity index (χ0) is 19.1. The molecule has 0 aliphatic rings. The van der Waals surface area contributed by atoms with Crippen LogP contribution in [-0.4, -0.2) is 11.6 Å². The van der Waals surface area contributed by atoms with E-state index in [1.54, 1.807) is 0 Å². The Morgan fingerprint density at radius 2 is 1.60 bits per heavy atom. The molecule has 2 N–H and O–H groups in total. The second kappa shape index (κ2) is 6.92. The Morgan fingerprint density at radius 3 is 2.04 bits per heavy atom. The van der Waals surface area contributed by atoms with E-state index in [1.807, 2.05) is 0 Å². The number of anilines is 1. The molecule has 0 radical (unpaired) electrons. The van der Waals surface area contributed by atoms with E-state index in [4.69, 9.17) is 5.73 Å². The van der Waals surface area contributed by atoms with E-state index in [-0.39, 0.29) is 15.8 Å². The van der Waals surface area contributed by atoms with E-state index >= 15 is 0 Å². The van der Waals surface area contributed by atoms with Crippen molar-refractivity contribution < 1.29 is 22.8 Å². The summed E-state index contributed by atoms with van der Waals surface area (Å²) >= 11 is 6.27. The third kappa shape index (κ3) is 3.79. The van der Waals surface area contributed by atoms with Crippen molar-refractivity contribution in [3.05, 3.63) is 49.9 Å². The van der Waals surface area contributed by atoms with E-state index in [9.17, 15) is 22.8 Å². The lowest BCUT2D eigenvalue weighted by Crippen LogP contribution is -2.16. The van der Waals surface area contributed by atoms with Crippen molar-refractivity contribution in [3.63, 3.8) is 0 Å². The number of nitrogens with two attached hydrogens (primary N) is 1. The molecule has 2 aromatic rings. The molecule has 3 nitrogen and oxygen atoms in total. The largest absolute Gasteiger partial charge is 0.419 e. The third-order valence-corrected chi connectivity index (χ3v) is 4.90. The van der Waals surface area contributed by atoms with Gasteiger partial charge in [0.25, 0.3) is 0 Å². The Morgan fingerprint density at radius 1 is 1.00 bits per heavy atom. The molecule has 132 valence electrons. The van der Waals surface area contributed by atoms with Crippen LogP contribution in [0.1, 0.15) is 40.1 Å². The Balaban J connectivity index is 2.81. The molecule has 0 amide bonds. The van der Waals surface area contributed by atoms with Gasteiger partial charge in [-0.2, -0.15) is 13.2 Å². The minimum Gasteiger partial charge on any atom is -0.398 e.